The molecule has 2 aliphatic rings. The molecule has 0 saturated carbocycles. The molecule has 1 aromatic heterocycles. The van der Waals surface area contributed by atoms with E-state index in [9.17, 15) is 9.59 Å². The van der Waals surface area contributed by atoms with Crippen molar-refractivity contribution in [1.29, 1.82) is 0 Å². The quantitative estimate of drug-likeness (QED) is 0.927. The van der Waals surface area contributed by atoms with E-state index in [0.29, 0.717) is 48.4 Å². The van der Waals surface area contributed by atoms with E-state index in [1.165, 1.54) is 11.3 Å². The molecule has 0 unspecified atom stereocenters. The van der Waals surface area contributed by atoms with Gasteiger partial charge in [-0.05, 0) is 23.6 Å². The van der Waals surface area contributed by atoms with Crippen LogP contribution in [0.2, 0.25) is 0 Å². The molecule has 2 amide bonds. The summed E-state index contributed by atoms with van der Waals surface area (Å²) in [6.07, 6.45) is 0. The first kappa shape index (κ1) is 15.0. The molecule has 0 spiro atoms. The van der Waals surface area contributed by atoms with Gasteiger partial charge >= 0.3 is 0 Å². The number of rotatable bonds is 3. The molecule has 1 fully saturated rings. The molecule has 124 valence electrons. The first-order valence-corrected chi connectivity index (χ1v) is 8.62. The maximum Gasteiger partial charge on any atom is 0.263 e. The Morgan fingerprint density at radius 3 is 2.67 bits per heavy atom. The van der Waals surface area contributed by atoms with Crippen LogP contribution >= 0.6 is 11.3 Å². The predicted molar refractivity (Wildman–Crippen MR) is 89.8 cm³/mol. The maximum atomic E-state index is 12.3. The Morgan fingerprint density at radius 1 is 1.12 bits per heavy atom. The van der Waals surface area contributed by atoms with Crippen molar-refractivity contribution >= 4 is 28.8 Å². The number of likely N-dealkylation sites (tertiary alicyclic amines) is 1. The zero-order chi connectivity index (χ0) is 16.5. The summed E-state index contributed by atoms with van der Waals surface area (Å²) in [6, 6.07) is 9.00. The van der Waals surface area contributed by atoms with E-state index in [-0.39, 0.29) is 17.7 Å². The average molecular weight is 344 g/mol. The lowest BCUT2D eigenvalue weighted by Crippen LogP contribution is -2.54. The van der Waals surface area contributed by atoms with Crippen molar-refractivity contribution in [3.8, 4) is 11.5 Å². The van der Waals surface area contributed by atoms with Gasteiger partial charge in [-0.15, -0.1) is 11.3 Å². The zero-order valence-electron chi connectivity index (χ0n) is 12.9. The van der Waals surface area contributed by atoms with Crippen LogP contribution in [0.15, 0.2) is 35.7 Å². The summed E-state index contributed by atoms with van der Waals surface area (Å²) in [7, 11) is 0. The Labute approximate surface area is 143 Å². The number of anilines is 1. The van der Waals surface area contributed by atoms with E-state index in [1.807, 2.05) is 11.4 Å². The molecule has 0 bridgehead atoms. The van der Waals surface area contributed by atoms with Gasteiger partial charge in [-0.2, -0.15) is 0 Å². The SMILES string of the molecule is O=C(Nc1ccc2c(c1)OCCO2)C1CN(C(=O)c2cccs2)C1. The van der Waals surface area contributed by atoms with E-state index in [4.69, 9.17) is 9.47 Å². The van der Waals surface area contributed by atoms with Crippen LogP contribution in [0.25, 0.3) is 0 Å². The summed E-state index contributed by atoms with van der Waals surface area (Å²) in [4.78, 5) is 26.9. The fourth-order valence-corrected chi connectivity index (χ4v) is 3.42. The number of hydrogen-bond donors (Lipinski definition) is 1. The molecule has 1 saturated heterocycles. The number of nitrogens with one attached hydrogen (secondary N) is 1. The molecule has 1 aromatic carbocycles. The van der Waals surface area contributed by atoms with Crippen LogP contribution < -0.4 is 14.8 Å². The maximum absolute atomic E-state index is 12.3. The number of thiophene rings is 1. The van der Waals surface area contributed by atoms with E-state index in [1.54, 1.807) is 29.2 Å². The van der Waals surface area contributed by atoms with Gasteiger partial charge in [0.2, 0.25) is 5.91 Å². The molecular formula is C17H16N2O4S. The van der Waals surface area contributed by atoms with Crippen LogP contribution in [-0.2, 0) is 4.79 Å². The molecule has 0 aliphatic carbocycles. The van der Waals surface area contributed by atoms with E-state index >= 15 is 0 Å². The van der Waals surface area contributed by atoms with E-state index < -0.39 is 0 Å². The van der Waals surface area contributed by atoms with Crippen LogP contribution in [0.3, 0.4) is 0 Å². The molecule has 7 heteroatoms. The lowest BCUT2D eigenvalue weighted by atomic mass is 9.98. The smallest absolute Gasteiger partial charge is 0.263 e. The molecule has 1 N–H and O–H groups in total. The molecule has 6 nitrogen and oxygen atoms in total. The van der Waals surface area contributed by atoms with Crippen molar-refractivity contribution in [2.24, 2.45) is 5.92 Å². The Hall–Kier alpha value is -2.54. The average Bonchev–Trinajstić information content (AvgIpc) is 3.07. The van der Waals surface area contributed by atoms with Crippen LogP contribution in [0.5, 0.6) is 11.5 Å². The van der Waals surface area contributed by atoms with Gasteiger partial charge in [-0.1, -0.05) is 6.07 Å². The third-order valence-corrected chi connectivity index (χ3v) is 4.94. The summed E-state index contributed by atoms with van der Waals surface area (Å²) in [6.45, 7) is 1.95. The number of ether oxygens (including phenoxy) is 2. The monoisotopic (exact) mass is 344 g/mol. The third kappa shape index (κ3) is 2.82. The molecule has 0 atom stereocenters. The Kier molecular flexibility index (Phi) is 3.86. The third-order valence-electron chi connectivity index (χ3n) is 4.08. The topological polar surface area (TPSA) is 67.9 Å². The summed E-state index contributed by atoms with van der Waals surface area (Å²) in [5, 5.41) is 4.75. The molecule has 0 radical (unpaired) electrons. The Morgan fingerprint density at radius 2 is 1.92 bits per heavy atom. The first-order valence-electron chi connectivity index (χ1n) is 7.74. The van der Waals surface area contributed by atoms with Crippen LogP contribution in [0.1, 0.15) is 9.67 Å². The van der Waals surface area contributed by atoms with Gasteiger partial charge in [0.25, 0.3) is 5.91 Å². The largest absolute Gasteiger partial charge is 0.486 e. The predicted octanol–water partition coefficient (Wildman–Crippen LogP) is 2.23. The van der Waals surface area contributed by atoms with Crippen molar-refractivity contribution in [2.75, 3.05) is 31.6 Å². The highest BCUT2D eigenvalue weighted by atomic mass is 32.1. The second-order valence-electron chi connectivity index (χ2n) is 5.73. The molecular weight excluding hydrogens is 328 g/mol. The number of nitrogens with zero attached hydrogens (tertiary/aromatic N) is 1. The number of hydrogen-bond acceptors (Lipinski definition) is 5. The normalized spacial score (nSPS) is 16.4. The van der Waals surface area contributed by atoms with Crippen molar-refractivity contribution in [2.45, 2.75) is 0 Å². The standard InChI is InChI=1S/C17H16N2O4S/c20-16(11-9-19(10-11)17(21)15-2-1-7-24-15)18-12-3-4-13-14(8-12)23-6-5-22-13/h1-4,7-8,11H,5-6,9-10H2,(H,18,20). The number of fused-ring (bicyclic) bond motifs is 1. The number of carbonyl (C=O) groups is 2. The molecule has 2 aromatic rings. The number of benzene rings is 1. The van der Waals surface area contributed by atoms with Crippen molar-refractivity contribution in [1.82, 2.24) is 4.90 Å². The summed E-state index contributed by atoms with van der Waals surface area (Å²) < 4.78 is 11.0. The second-order valence-corrected chi connectivity index (χ2v) is 6.68. The summed E-state index contributed by atoms with van der Waals surface area (Å²) in [5.41, 5.74) is 0.673. The highest BCUT2D eigenvalue weighted by Gasteiger charge is 2.36. The van der Waals surface area contributed by atoms with Crippen LogP contribution in [0, 0.1) is 5.92 Å². The van der Waals surface area contributed by atoms with Gasteiger partial charge in [0, 0.05) is 24.8 Å². The van der Waals surface area contributed by atoms with Gasteiger partial charge in [0.15, 0.2) is 11.5 Å². The fraction of sp³-hybridized carbons (Fsp3) is 0.294. The first-order chi connectivity index (χ1) is 11.7. The van der Waals surface area contributed by atoms with Crippen molar-refractivity contribution in [3.63, 3.8) is 0 Å². The van der Waals surface area contributed by atoms with Gasteiger partial charge in [0.1, 0.15) is 13.2 Å². The highest BCUT2D eigenvalue weighted by molar-refractivity contribution is 7.12. The van der Waals surface area contributed by atoms with E-state index in [0.717, 1.165) is 0 Å². The van der Waals surface area contributed by atoms with Crippen molar-refractivity contribution < 1.29 is 19.1 Å². The minimum Gasteiger partial charge on any atom is -0.486 e. The van der Waals surface area contributed by atoms with Crippen LogP contribution in [-0.4, -0.2) is 43.0 Å². The molecule has 24 heavy (non-hydrogen) atoms. The number of carbonyl (C=O) groups excluding carboxylic acids is 2. The highest BCUT2D eigenvalue weighted by Crippen LogP contribution is 2.33. The fourth-order valence-electron chi connectivity index (χ4n) is 2.73. The second kappa shape index (κ2) is 6.16. The van der Waals surface area contributed by atoms with Crippen LogP contribution in [0.4, 0.5) is 5.69 Å². The molecule has 3 heterocycles. The summed E-state index contributed by atoms with van der Waals surface area (Å²) >= 11 is 1.42. The van der Waals surface area contributed by atoms with Gasteiger partial charge in [-0.25, -0.2) is 0 Å². The minimum atomic E-state index is -0.179. The lowest BCUT2D eigenvalue weighted by molar-refractivity contribution is -0.123. The summed E-state index contributed by atoms with van der Waals surface area (Å²) in [5.74, 6) is 1.06. The zero-order valence-corrected chi connectivity index (χ0v) is 13.7. The van der Waals surface area contributed by atoms with Crippen molar-refractivity contribution in [3.05, 3.63) is 40.6 Å². The minimum absolute atomic E-state index is 0.00613. The Bertz CT molecular complexity index is 769. The Balaban J connectivity index is 1.34. The molecule has 2 aliphatic heterocycles. The van der Waals surface area contributed by atoms with Gasteiger partial charge in [-0.3, -0.25) is 9.59 Å². The lowest BCUT2D eigenvalue weighted by Gasteiger charge is -2.37. The number of amides is 2. The van der Waals surface area contributed by atoms with Gasteiger partial charge < -0.3 is 19.7 Å². The van der Waals surface area contributed by atoms with E-state index in [2.05, 4.69) is 5.32 Å². The molecule has 4 rings (SSSR count). The van der Waals surface area contributed by atoms with Gasteiger partial charge in [0.05, 0.1) is 10.8 Å².